The normalized spacial score (nSPS) is 11.0. The van der Waals surface area contributed by atoms with Gasteiger partial charge in [0, 0.05) is 57.6 Å². The molecule has 6 aromatic carbocycles. The van der Waals surface area contributed by atoms with Gasteiger partial charge in [-0.05, 0) is 113 Å². The number of rotatable bonds is 12. The zero-order valence-corrected chi connectivity index (χ0v) is 28.8. The minimum Gasteiger partial charge on any atom is -0.363 e. The molecule has 0 bridgehead atoms. The van der Waals surface area contributed by atoms with Crippen molar-refractivity contribution in [3.8, 4) is 0 Å². The first-order valence-corrected chi connectivity index (χ1v) is 17.0. The zero-order valence-electron chi connectivity index (χ0n) is 25.8. The third-order valence-corrected chi connectivity index (χ3v) is 9.17. The summed E-state index contributed by atoms with van der Waals surface area (Å²) in [6.45, 7) is 3.07. The van der Waals surface area contributed by atoms with Gasteiger partial charge in [0.25, 0.3) is 0 Å². The van der Waals surface area contributed by atoms with Gasteiger partial charge in [-0.1, -0.05) is 119 Å². The van der Waals surface area contributed by atoms with Crippen molar-refractivity contribution in [2.75, 3.05) is 9.80 Å². The summed E-state index contributed by atoms with van der Waals surface area (Å²) in [7, 11) is 0. The zero-order chi connectivity index (χ0) is 32.6. The Morgan fingerprint density at radius 1 is 0.277 bits per heavy atom. The van der Waals surface area contributed by atoms with Gasteiger partial charge in [0.2, 0.25) is 0 Å². The Balaban J connectivity index is 1.17. The third-order valence-electron chi connectivity index (χ3n) is 8.16. The highest BCUT2D eigenvalue weighted by molar-refractivity contribution is 6.31. The molecule has 0 aliphatic heterocycles. The van der Waals surface area contributed by atoms with Crippen LogP contribution in [0.1, 0.15) is 33.4 Å². The first kappa shape index (κ1) is 33.0. The van der Waals surface area contributed by atoms with Crippen LogP contribution in [0.15, 0.2) is 146 Å². The molecule has 0 atom stereocenters. The molecule has 6 heteroatoms. The molecule has 0 fully saturated rings. The minimum atomic E-state index is 0.742. The number of hydrogen-bond acceptors (Lipinski definition) is 2. The molecule has 0 saturated carbocycles. The predicted molar refractivity (Wildman–Crippen MR) is 201 cm³/mol. The summed E-state index contributed by atoms with van der Waals surface area (Å²) in [4.78, 5) is 4.75. The molecule has 0 unspecified atom stereocenters. The van der Waals surface area contributed by atoms with Crippen LogP contribution < -0.4 is 9.80 Å². The quantitative estimate of drug-likeness (QED) is 0.126. The van der Waals surface area contributed by atoms with E-state index in [-0.39, 0.29) is 0 Å². The fourth-order valence-corrected chi connectivity index (χ4v) is 6.11. The molecule has 0 aliphatic carbocycles. The second kappa shape index (κ2) is 15.8. The SMILES string of the molecule is Clc1ccc(CN(Cc2ccc(Cl)cc2)c2ccc(Cc3ccc(N(Cc4ccc(Cl)cc4)Cc4ccc(Cl)cc4)cc3)cc2)cc1. The maximum absolute atomic E-state index is 6.16. The van der Waals surface area contributed by atoms with Crippen LogP contribution in [-0.2, 0) is 32.6 Å². The van der Waals surface area contributed by atoms with Crippen molar-refractivity contribution in [1.82, 2.24) is 0 Å². The lowest BCUT2D eigenvalue weighted by Gasteiger charge is -2.26. The smallest absolute Gasteiger partial charge is 0.0433 e. The van der Waals surface area contributed by atoms with E-state index in [1.807, 2.05) is 48.5 Å². The monoisotopic (exact) mass is 694 g/mol. The Morgan fingerprint density at radius 3 is 0.723 bits per heavy atom. The highest BCUT2D eigenvalue weighted by Crippen LogP contribution is 2.26. The van der Waals surface area contributed by atoms with Crippen molar-refractivity contribution in [3.05, 3.63) is 199 Å². The molecule has 0 N–H and O–H groups in total. The first-order chi connectivity index (χ1) is 22.9. The maximum Gasteiger partial charge on any atom is 0.0433 e. The maximum atomic E-state index is 6.16. The molecule has 0 saturated heterocycles. The van der Waals surface area contributed by atoms with Crippen molar-refractivity contribution >= 4 is 57.8 Å². The van der Waals surface area contributed by atoms with Gasteiger partial charge in [0.15, 0.2) is 0 Å². The minimum absolute atomic E-state index is 0.742. The second-order valence-electron chi connectivity index (χ2n) is 11.7. The van der Waals surface area contributed by atoms with Gasteiger partial charge in [-0.25, -0.2) is 0 Å². The Bertz CT molecular complexity index is 1620. The number of anilines is 2. The summed E-state index contributed by atoms with van der Waals surface area (Å²) in [6.07, 6.45) is 0.850. The molecule has 47 heavy (non-hydrogen) atoms. The number of hydrogen-bond donors (Lipinski definition) is 0. The van der Waals surface area contributed by atoms with Crippen LogP contribution in [0.4, 0.5) is 11.4 Å². The molecule has 236 valence electrons. The standard InChI is InChI=1S/C41H34Cl4N2/c42-36-13-1-32(2-14-36)26-46(27-33-3-15-37(43)16-4-33)40-21-9-30(10-22-40)25-31-11-23-41(24-12-31)47(28-34-5-17-38(44)18-6-34)29-35-7-19-39(45)20-8-35/h1-24H,25-29H2. The van der Waals surface area contributed by atoms with Crippen LogP contribution in [0.5, 0.6) is 0 Å². The summed E-state index contributed by atoms with van der Waals surface area (Å²) < 4.78 is 0. The van der Waals surface area contributed by atoms with Crippen LogP contribution in [0.3, 0.4) is 0 Å². The molecule has 6 aromatic rings. The molecule has 6 rings (SSSR count). The van der Waals surface area contributed by atoms with Crippen LogP contribution in [0, 0.1) is 0 Å². The highest BCUT2D eigenvalue weighted by Gasteiger charge is 2.12. The molecule has 0 heterocycles. The Morgan fingerprint density at radius 2 is 0.489 bits per heavy atom. The second-order valence-corrected chi connectivity index (χ2v) is 13.5. The fraction of sp³-hybridized carbons (Fsp3) is 0.122. The summed E-state index contributed by atoms with van der Waals surface area (Å²) in [6, 6.07) is 50.0. The Kier molecular flexibility index (Phi) is 11.1. The summed E-state index contributed by atoms with van der Waals surface area (Å²) in [5.74, 6) is 0. The van der Waals surface area contributed by atoms with Crippen molar-refractivity contribution in [2.24, 2.45) is 0 Å². The average molecular weight is 697 g/mol. The van der Waals surface area contributed by atoms with Crippen LogP contribution in [0.25, 0.3) is 0 Å². The average Bonchev–Trinajstić information content (AvgIpc) is 3.09. The summed E-state index contributed by atoms with van der Waals surface area (Å²) in [5, 5.41) is 2.97. The molecule has 0 aliphatic rings. The number of benzene rings is 6. The molecule has 0 spiro atoms. The molecular formula is C41H34Cl4N2. The number of halogens is 4. The predicted octanol–water partition coefficient (Wildman–Crippen LogP) is 12.3. The van der Waals surface area contributed by atoms with E-state index in [2.05, 4.69) is 107 Å². The largest absolute Gasteiger partial charge is 0.363 e. The molecule has 0 aromatic heterocycles. The van der Waals surface area contributed by atoms with Crippen molar-refractivity contribution in [3.63, 3.8) is 0 Å². The van der Waals surface area contributed by atoms with Crippen molar-refractivity contribution in [1.29, 1.82) is 0 Å². The highest BCUT2D eigenvalue weighted by atomic mass is 35.5. The van der Waals surface area contributed by atoms with Gasteiger partial charge in [-0.3, -0.25) is 0 Å². The van der Waals surface area contributed by atoms with Crippen LogP contribution in [0.2, 0.25) is 20.1 Å². The van der Waals surface area contributed by atoms with E-state index in [0.29, 0.717) is 0 Å². The van der Waals surface area contributed by atoms with Gasteiger partial charge in [0.1, 0.15) is 0 Å². The van der Waals surface area contributed by atoms with Gasteiger partial charge in [0.05, 0.1) is 0 Å². The molecule has 2 nitrogen and oxygen atoms in total. The topological polar surface area (TPSA) is 6.48 Å². The molecule has 0 amide bonds. The van der Waals surface area contributed by atoms with E-state index in [0.717, 1.165) is 64.1 Å². The van der Waals surface area contributed by atoms with Gasteiger partial charge in [-0.2, -0.15) is 0 Å². The lowest BCUT2D eigenvalue weighted by molar-refractivity contribution is 0.799. The number of nitrogens with zero attached hydrogens (tertiary/aromatic N) is 2. The van der Waals surface area contributed by atoms with E-state index in [9.17, 15) is 0 Å². The van der Waals surface area contributed by atoms with E-state index >= 15 is 0 Å². The van der Waals surface area contributed by atoms with E-state index in [1.54, 1.807) is 0 Å². The summed E-state index contributed by atoms with van der Waals surface area (Å²) >= 11 is 24.6. The third kappa shape index (κ3) is 9.56. The van der Waals surface area contributed by atoms with Gasteiger partial charge < -0.3 is 9.80 Å². The van der Waals surface area contributed by atoms with Gasteiger partial charge >= 0.3 is 0 Å². The first-order valence-electron chi connectivity index (χ1n) is 15.5. The van der Waals surface area contributed by atoms with Crippen LogP contribution in [-0.4, -0.2) is 0 Å². The van der Waals surface area contributed by atoms with Crippen LogP contribution >= 0.6 is 46.4 Å². The van der Waals surface area contributed by atoms with Gasteiger partial charge in [-0.15, -0.1) is 0 Å². The fourth-order valence-electron chi connectivity index (χ4n) is 5.60. The van der Waals surface area contributed by atoms with E-state index in [1.165, 1.54) is 33.4 Å². The Labute approximate surface area is 297 Å². The summed E-state index contributed by atoms with van der Waals surface area (Å²) in [5.41, 5.74) is 9.66. The molecular weight excluding hydrogens is 662 g/mol. The van der Waals surface area contributed by atoms with E-state index in [4.69, 9.17) is 46.4 Å². The van der Waals surface area contributed by atoms with E-state index < -0.39 is 0 Å². The van der Waals surface area contributed by atoms with Crippen molar-refractivity contribution in [2.45, 2.75) is 32.6 Å². The lowest BCUT2D eigenvalue weighted by atomic mass is 10.0. The molecule has 0 radical (unpaired) electrons. The lowest BCUT2D eigenvalue weighted by Crippen LogP contribution is -2.22. The van der Waals surface area contributed by atoms with Crippen molar-refractivity contribution < 1.29 is 0 Å². The Hall–Kier alpha value is -3.92.